The molecule has 2 atom stereocenters. The molecule has 1 spiro atoms. The first kappa shape index (κ1) is 19.3. The van der Waals surface area contributed by atoms with Crippen molar-refractivity contribution >= 4 is 17.5 Å². The molecule has 3 heterocycles. The summed E-state index contributed by atoms with van der Waals surface area (Å²) < 4.78 is 1.74. The highest BCUT2D eigenvalue weighted by Crippen LogP contribution is 2.54. The lowest BCUT2D eigenvalue weighted by atomic mass is 9.73. The minimum absolute atomic E-state index is 0.0167. The first-order valence-corrected chi connectivity index (χ1v) is 10.9. The van der Waals surface area contributed by atoms with Gasteiger partial charge in [-0.25, -0.2) is 0 Å². The van der Waals surface area contributed by atoms with Gasteiger partial charge < -0.3 is 10.2 Å². The number of para-hydroxylation sites is 1. The number of aryl methyl sites for hydroxylation is 1. The quantitative estimate of drug-likeness (QED) is 0.845. The Kier molecular flexibility index (Phi) is 4.65. The topological polar surface area (TPSA) is 70.5 Å². The minimum Gasteiger partial charge on any atom is -0.333 e. The summed E-state index contributed by atoms with van der Waals surface area (Å²) >= 11 is 0. The first-order chi connectivity index (χ1) is 14.5. The van der Waals surface area contributed by atoms with E-state index < -0.39 is 5.41 Å². The van der Waals surface area contributed by atoms with E-state index in [1.54, 1.807) is 10.9 Å². The van der Waals surface area contributed by atoms with Crippen LogP contribution in [0.4, 0.5) is 5.69 Å². The highest BCUT2D eigenvalue weighted by atomic mass is 16.2. The van der Waals surface area contributed by atoms with E-state index in [1.807, 2.05) is 42.4 Å². The van der Waals surface area contributed by atoms with Crippen LogP contribution in [-0.2, 0) is 22.1 Å². The molecule has 2 aromatic rings. The SMILES string of the molecule is CN(CC(=O)N1CC[C@]2(C(=O)Nc3ccccc32)[C@@H]1c1cnn(C)c1)C1CCCC1. The van der Waals surface area contributed by atoms with Gasteiger partial charge in [-0.3, -0.25) is 19.2 Å². The van der Waals surface area contributed by atoms with Crippen molar-refractivity contribution in [1.82, 2.24) is 19.6 Å². The number of hydrogen-bond donors (Lipinski definition) is 1. The van der Waals surface area contributed by atoms with Crippen LogP contribution in [0.25, 0.3) is 0 Å². The van der Waals surface area contributed by atoms with Crippen molar-refractivity contribution in [3.05, 3.63) is 47.8 Å². The summed E-state index contributed by atoms with van der Waals surface area (Å²) in [6.45, 7) is 0.958. The molecular formula is C23H29N5O2. The standard InChI is InChI=1S/C23H29N5O2/c1-26(17-7-3-4-8-17)15-20(29)28-12-11-23(21(28)16-13-24-27(2)14-16)18-9-5-6-10-19(18)25-22(23)30/h5-6,9-10,13-14,17,21H,3-4,7-8,11-12,15H2,1-2H3,(H,25,30)/t21-,23+/m0/s1. The van der Waals surface area contributed by atoms with Crippen molar-refractivity contribution in [2.75, 3.05) is 25.5 Å². The summed E-state index contributed by atoms with van der Waals surface area (Å²) in [5.74, 6) is 0.0734. The van der Waals surface area contributed by atoms with Gasteiger partial charge in [0.1, 0.15) is 5.41 Å². The summed E-state index contributed by atoms with van der Waals surface area (Å²) in [4.78, 5) is 31.0. The van der Waals surface area contributed by atoms with Gasteiger partial charge in [0.2, 0.25) is 11.8 Å². The van der Waals surface area contributed by atoms with Gasteiger partial charge in [-0.2, -0.15) is 5.10 Å². The molecule has 7 nitrogen and oxygen atoms in total. The van der Waals surface area contributed by atoms with E-state index in [1.165, 1.54) is 12.8 Å². The number of anilines is 1. The Morgan fingerprint density at radius 1 is 1.30 bits per heavy atom. The lowest BCUT2D eigenvalue weighted by Crippen LogP contribution is -2.46. The molecule has 7 heteroatoms. The zero-order valence-electron chi connectivity index (χ0n) is 17.7. The summed E-state index contributed by atoms with van der Waals surface area (Å²) in [5.41, 5.74) is 2.00. The fraction of sp³-hybridized carbons (Fsp3) is 0.522. The van der Waals surface area contributed by atoms with Crippen LogP contribution in [0.15, 0.2) is 36.7 Å². The van der Waals surface area contributed by atoms with Crippen LogP contribution in [0.5, 0.6) is 0 Å². The van der Waals surface area contributed by atoms with Gasteiger partial charge in [-0.15, -0.1) is 0 Å². The number of carbonyl (C=O) groups is 2. The number of benzene rings is 1. The number of nitrogens with one attached hydrogen (secondary N) is 1. The van der Waals surface area contributed by atoms with Crippen LogP contribution in [0.2, 0.25) is 0 Å². The molecule has 2 fully saturated rings. The number of nitrogens with zero attached hydrogens (tertiary/aromatic N) is 4. The Hall–Kier alpha value is -2.67. The molecule has 30 heavy (non-hydrogen) atoms. The number of fused-ring (bicyclic) bond motifs is 2. The van der Waals surface area contributed by atoms with E-state index in [4.69, 9.17) is 0 Å². The molecule has 1 N–H and O–H groups in total. The van der Waals surface area contributed by atoms with E-state index >= 15 is 0 Å². The Bertz CT molecular complexity index is 979. The van der Waals surface area contributed by atoms with E-state index in [2.05, 4.69) is 22.4 Å². The Morgan fingerprint density at radius 2 is 2.07 bits per heavy atom. The van der Waals surface area contributed by atoms with E-state index in [0.717, 1.165) is 29.7 Å². The van der Waals surface area contributed by atoms with Crippen molar-refractivity contribution in [1.29, 1.82) is 0 Å². The average molecular weight is 408 g/mol. The first-order valence-electron chi connectivity index (χ1n) is 10.9. The van der Waals surface area contributed by atoms with Gasteiger partial charge in [-0.1, -0.05) is 31.0 Å². The molecule has 1 aromatic carbocycles. The fourth-order valence-corrected chi connectivity index (χ4v) is 5.78. The van der Waals surface area contributed by atoms with Crippen molar-refractivity contribution in [2.24, 2.45) is 7.05 Å². The number of carbonyl (C=O) groups excluding carboxylic acids is 2. The molecule has 0 bridgehead atoms. The second-order valence-corrected chi connectivity index (χ2v) is 9.01. The highest BCUT2D eigenvalue weighted by molar-refractivity contribution is 6.07. The van der Waals surface area contributed by atoms with Crippen LogP contribution in [0, 0.1) is 0 Å². The third-order valence-corrected chi connectivity index (χ3v) is 7.28. The van der Waals surface area contributed by atoms with Gasteiger partial charge >= 0.3 is 0 Å². The summed E-state index contributed by atoms with van der Waals surface area (Å²) in [6, 6.07) is 8.01. The number of amides is 2. The molecule has 5 rings (SSSR count). The van der Waals surface area contributed by atoms with E-state index in [-0.39, 0.29) is 17.9 Å². The fourth-order valence-electron chi connectivity index (χ4n) is 5.78. The second-order valence-electron chi connectivity index (χ2n) is 9.01. The maximum atomic E-state index is 13.5. The van der Waals surface area contributed by atoms with Crippen molar-refractivity contribution in [2.45, 2.75) is 49.6 Å². The Labute approximate surface area is 177 Å². The smallest absolute Gasteiger partial charge is 0.237 e. The highest BCUT2D eigenvalue weighted by Gasteiger charge is 2.59. The maximum absolute atomic E-state index is 13.5. The number of rotatable bonds is 4. The lowest BCUT2D eigenvalue weighted by molar-refractivity contribution is -0.134. The molecule has 0 unspecified atom stereocenters. The van der Waals surface area contributed by atoms with Crippen molar-refractivity contribution < 1.29 is 9.59 Å². The zero-order chi connectivity index (χ0) is 20.9. The molecule has 1 saturated carbocycles. The molecule has 1 aliphatic carbocycles. The molecular weight excluding hydrogens is 378 g/mol. The van der Waals surface area contributed by atoms with Crippen LogP contribution in [-0.4, -0.2) is 57.6 Å². The third kappa shape index (κ3) is 2.87. The Balaban J connectivity index is 1.51. The molecule has 1 saturated heterocycles. The molecule has 158 valence electrons. The Morgan fingerprint density at radius 3 is 2.80 bits per heavy atom. The summed E-state index contributed by atoms with van der Waals surface area (Å²) in [5, 5.41) is 7.42. The minimum atomic E-state index is -0.763. The van der Waals surface area contributed by atoms with E-state index in [9.17, 15) is 9.59 Å². The van der Waals surface area contributed by atoms with Crippen LogP contribution in [0.1, 0.15) is 49.3 Å². The number of hydrogen-bond acceptors (Lipinski definition) is 4. The largest absolute Gasteiger partial charge is 0.333 e. The monoisotopic (exact) mass is 407 g/mol. The maximum Gasteiger partial charge on any atom is 0.237 e. The van der Waals surface area contributed by atoms with E-state index in [0.29, 0.717) is 25.6 Å². The molecule has 0 radical (unpaired) electrons. The van der Waals surface area contributed by atoms with Crippen LogP contribution >= 0.6 is 0 Å². The third-order valence-electron chi connectivity index (χ3n) is 7.28. The predicted molar refractivity (Wildman–Crippen MR) is 114 cm³/mol. The van der Waals surface area contributed by atoms with Gasteiger partial charge in [-0.05, 0) is 37.9 Å². The molecule has 2 amide bonds. The zero-order valence-corrected chi connectivity index (χ0v) is 17.7. The van der Waals surface area contributed by atoms with Crippen molar-refractivity contribution in [3.63, 3.8) is 0 Å². The normalized spacial score (nSPS) is 26.0. The lowest BCUT2D eigenvalue weighted by Gasteiger charge is -2.34. The summed E-state index contributed by atoms with van der Waals surface area (Å²) in [7, 11) is 3.92. The predicted octanol–water partition coefficient (Wildman–Crippen LogP) is 2.46. The average Bonchev–Trinajstić information content (AvgIpc) is 3.50. The van der Waals surface area contributed by atoms with Gasteiger partial charge in [0.15, 0.2) is 0 Å². The molecule has 3 aliphatic rings. The van der Waals surface area contributed by atoms with Crippen LogP contribution in [0.3, 0.4) is 0 Å². The van der Waals surface area contributed by atoms with Crippen LogP contribution < -0.4 is 5.32 Å². The van der Waals surface area contributed by atoms with Gasteiger partial charge in [0.05, 0.1) is 18.8 Å². The van der Waals surface area contributed by atoms with Gasteiger partial charge in [0, 0.05) is 37.1 Å². The van der Waals surface area contributed by atoms with Gasteiger partial charge in [0.25, 0.3) is 0 Å². The molecule has 2 aliphatic heterocycles. The summed E-state index contributed by atoms with van der Waals surface area (Å²) in [6.07, 6.45) is 9.16. The number of aromatic nitrogens is 2. The number of likely N-dealkylation sites (N-methyl/N-ethyl adjacent to an activating group) is 1. The second kappa shape index (κ2) is 7.23. The van der Waals surface area contributed by atoms with Crippen molar-refractivity contribution in [3.8, 4) is 0 Å². The molecule has 1 aromatic heterocycles. The number of likely N-dealkylation sites (tertiary alicyclic amines) is 1.